The van der Waals surface area contributed by atoms with Gasteiger partial charge in [-0.05, 0) is 62.7 Å². The average molecular weight is 503 g/mol. The summed E-state index contributed by atoms with van der Waals surface area (Å²) < 4.78 is 53.0. The second kappa shape index (κ2) is 9.66. The van der Waals surface area contributed by atoms with Crippen LogP contribution in [0.3, 0.4) is 0 Å². The van der Waals surface area contributed by atoms with Gasteiger partial charge in [-0.1, -0.05) is 18.2 Å². The SMILES string of the molecule is CNS(=O)(=O)c1cccc(Nc2ncc(C)c(Nc3ccc(CNS(=O)(=O)C4CC4)cc3)n2)c1. The summed E-state index contributed by atoms with van der Waals surface area (Å²) in [5.74, 6) is 0.886. The minimum atomic E-state index is -3.57. The van der Waals surface area contributed by atoms with Gasteiger partial charge in [0.1, 0.15) is 5.82 Å². The first kappa shape index (κ1) is 24.1. The van der Waals surface area contributed by atoms with E-state index in [-0.39, 0.29) is 16.7 Å². The molecule has 0 atom stereocenters. The van der Waals surface area contributed by atoms with Gasteiger partial charge in [-0.2, -0.15) is 4.98 Å². The fourth-order valence-corrected chi connectivity index (χ4v) is 5.28. The first-order valence-corrected chi connectivity index (χ1v) is 13.7. The standard InChI is InChI=1S/C22H26N6O4S2/c1-15-13-24-22(27-18-4-3-5-20(12-18)33(29,30)23-2)28-21(15)26-17-8-6-16(7-9-17)14-25-34(31,32)19-10-11-19/h3-9,12-13,19,23,25H,10-11,14H2,1-2H3,(H2,24,26,27,28). The molecule has 0 spiro atoms. The van der Waals surface area contributed by atoms with E-state index in [2.05, 4.69) is 30.0 Å². The lowest BCUT2D eigenvalue weighted by Gasteiger charge is -2.12. The summed E-state index contributed by atoms with van der Waals surface area (Å²) in [5.41, 5.74) is 2.99. The third kappa shape index (κ3) is 5.89. The van der Waals surface area contributed by atoms with E-state index in [1.807, 2.05) is 31.2 Å². The molecule has 1 aromatic heterocycles. The lowest BCUT2D eigenvalue weighted by molar-refractivity contribution is 0.579. The number of nitrogens with zero attached hydrogens (tertiary/aromatic N) is 2. The zero-order chi connectivity index (χ0) is 24.3. The van der Waals surface area contributed by atoms with Crippen LogP contribution >= 0.6 is 0 Å². The van der Waals surface area contributed by atoms with Crippen molar-refractivity contribution in [2.24, 2.45) is 0 Å². The Morgan fingerprint density at radius 2 is 1.71 bits per heavy atom. The van der Waals surface area contributed by atoms with Crippen molar-refractivity contribution in [1.29, 1.82) is 0 Å². The van der Waals surface area contributed by atoms with E-state index in [1.165, 1.54) is 19.2 Å². The first-order chi connectivity index (χ1) is 16.2. The highest BCUT2D eigenvalue weighted by molar-refractivity contribution is 7.90. The van der Waals surface area contributed by atoms with Gasteiger partial charge in [0, 0.05) is 29.7 Å². The van der Waals surface area contributed by atoms with Crippen LogP contribution in [0.5, 0.6) is 0 Å². The van der Waals surface area contributed by atoms with E-state index in [0.717, 1.165) is 29.7 Å². The quantitative estimate of drug-likeness (QED) is 0.332. The molecule has 180 valence electrons. The molecule has 4 rings (SSSR count). The first-order valence-electron chi connectivity index (χ1n) is 10.6. The van der Waals surface area contributed by atoms with Crippen molar-refractivity contribution in [3.8, 4) is 0 Å². The second-order valence-electron chi connectivity index (χ2n) is 7.97. The van der Waals surface area contributed by atoms with Gasteiger partial charge in [0.15, 0.2) is 0 Å². The minimum Gasteiger partial charge on any atom is -0.340 e. The molecule has 1 saturated carbocycles. The van der Waals surface area contributed by atoms with Crippen LogP contribution in [-0.2, 0) is 26.6 Å². The van der Waals surface area contributed by atoms with Gasteiger partial charge in [0.2, 0.25) is 26.0 Å². The Morgan fingerprint density at radius 3 is 2.38 bits per heavy atom. The number of hydrogen-bond acceptors (Lipinski definition) is 8. The lowest BCUT2D eigenvalue weighted by atomic mass is 10.2. The highest BCUT2D eigenvalue weighted by atomic mass is 32.2. The zero-order valence-electron chi connectivity index (χ0n) is 18.7. The van der Waals surface area contributed by atoms with Gasteiger partial charge < -0.3 is 10.6 Å². The maximum absolute atomic E-state index is 12.0. The number of nitrogens with one attached hydrogen (secondary N) is 4. The molecule has 2 aromatic carbocycles. The van der Waals surface area contributed by atoms with Crippen molar-refractivity contribution in [1.82, 2.24) is 19.4 Å². The Labute approximate surface area is 199 Å². The number of rotatable bonds is 10. The summed E-state index contributed by atoms with van der Waals surface area (Å²) in [6.07, 6.45) is 3.12. The van der Waals surface area contributed by atoms with E-state index in [9.17, 15) is 16.8 Å². The summed E-state index contributed by atoms with van der Waals surface area (Å²) in [7, 11) is -5.43. The third-order valence-corrected chi connectivity index (χ3v) is 8.61. The van der Waals surface area contributed by atoms with Gasteiger partial charge in [0.25, 0.3) is 0 Å². The van der Waals surface area contributed by atoms with Crippen LogP contribution in [-0.4, -0.2) is 39.1 Å². The number of aryl methyl sites for hydroxylation is 1. The summed E-state index contributed by atoms with van der Waals surface area (Å²) in [6, 6.07) is 13.7. The molecule has 4 N–H and O–H groups in total. The molecule has 34 heavy (non-hydrogen) atoms. The molecule has 1 aliphatic rings. The van der Waals surface area contributed by atoms with Crippen LogP contribution in [0.25, 0.3) is 0 Å². The smallest absolute Gasteiger partial charge is 0.240 e. The number of sulfonamides is 2. The fraction of sp³-hybridized carbons (Fsp3) is 0.273. The van der Waals surface area contributed by atoms with Crippen LogP contribution in [0.1, 0.15) is 24.0 Å². The number of aromatic nitrogens is 2. The van der Waals surface area contributed by atoms with E-state index in [4.69, 9.17) is 0 Å². The molecule has 1 fully saturated rings. The zero-order valence-corrected chi connectivity index (χ0v) is 20.4. The maximum atomic E-state index is 12.0. The van der Waals surface area contributed by atoms with Crippen LogP contribution in [0.2, 0.25) is 0 Å². The molecule has 0 unspecified atom stereocenters. The van der Waals surface area contributed by atoms with Gasteiger partial charge in [-0.15, -0.1) is 0 Å². The molecule has 0 amide bonds. The summed E-state index contributed by atoms with van der Waals surface area (Å²) in [6.45, 7) is 2.12. The minimum absolute atomic E-state index is 0.130. The Balaban J connectivity index is 1.44. The molecule has 10 nitrogen and oxygen atoms in total. The highest BCUT2D eigenvalue weighted by Crippen LogP contribution is 2.27. The van der Waals surface area contributed by atoms with Gasteiger partial charge >= 0.3 is 0 Å². The summed E-state index contributed by atoms with van der Waals surface area (Å²) in [4.78, 5) is 8.91. The highest BCUT2D eigenvalue weighted by Gasteiger charge is 2.35. The molecule has 0 bridgehead atoms. The summed E-state index contributed by atoms with van der Waals surface area (Å²) in [5, 5.41) is 6.02. The van der Waals surface area contributed by atoms with E-state index in [0.29, 0.717) is 17.5 Å². The van der Waals surface area contributed by atoms with Crippen LogP contribution in [0.4, 0.5) is 23.1 Å². The fourth-order valence-electron chi connectivity index (χ4n) is 3.14. The predicted octanol–water partition coefficient (Wildman–Crippen LogP) is 2.76. The lowest BCUT2D eigenvalue weighted by Crippen LogP contribution is -2.26. The van der Waals surface area contributed by atoms with Crippen LogP contribution < -0.4 is 20.1 Å². The van der Waals surface area contributed by atoms with Gasteiger partial charge in [0.05, 0.1) is 10.1 Å². The Hall–Kier alpha value is -3.06. The topological polar surface area (TPSA) is 142 Å². The van der Waals surface area contributed by atoms with Crippen molar-refractivity contribution < 1.29 is 16.8 Å². The van der Waals surface area contributed by atoms with Crippen molar-refractivity contribution in [3.63, 3.8) is 0 Å². The molecular formula is C22H26N6O4S2. The second-order valence-corrected chi connectivity index (χ2v) is 11.9. The molecule has 12 heteroatoms. The Kier molecular flexibility index (Phi) is 6.84. The summed E-state index contributed by atoms with van der Waals surface area (Å²) >= 11 is 0. The van der Waals surface area contributed by atoms with E-state index in [1.54, 1.807) is 18.3 Å². The number of anilines is 4. The number of hydrogen-bond donors (Lipinski definition) is 4. The van der Waals surface area contributed by atoms with Crippen molar-refractivity contribution in [2.75, 3.05) is 17.7 Å². The van der Waals surface area contributed by atoms with Crippen LogP contribution in [0.15, 0.2) is 59.6 Å². The molecule has 0 saturated heterocycles. The van der Waals surface area contributed by atoms with Crippen molar-refractivity contribution in [3.05, 3.63) is 65.9 Å². The molecule has 3 aromatic rings. The maximum Gasteiger partial charge on any atom is 0.240 e. The molecular weight excluding hydrogens is 476 g/mol. The van der Waals surface area contributed by atoms with E-state index >= 15 is 0 Å². The van der Waals surface area contributed by atoms with Crippen molar-refractivity contribution in [2.45, 2.75) is 36.5 Å². The molecule has 0 radical (unpaired) electrons. The van der Waals surface area contributed by atoms with Crippen LogP contribution in [0, 0.1) is 6.92 Å². The van der Waals surface area contributed by atoms with Gasteiger partial charge in [-0.3, -0.25) is 0 Å². The third-order valence-electron chi connectivity index (χ3n) is 5.30. The Morgan fingerprint density at radius 1 is 0.971 bits per heavy atom. The Bertz CT molecular complexity index is 1390. The molecule has 1 aliphatic carbocycles. The average Bonchev–Trinajstić information content (AvgIpc) is 3.67. The monoisotopic (exact) mass is 502 g/mol. The van der Waals surface area contributed by atoms with E-state index < -0.39 is 20.0 Å². The predicted molar refractivity (Wildman–Crippen MR) is 131 cm³/mol. The molecule has 1 heterocycles. The van der Waals surface area contributed by atoms with Crippen molar-refractivity contribution >= 4 is 43.2 Å². The van der Waals surface area contributed by atoms with Gasteiger partial charge in [-0.25, -0.2) is 31.3 Å². The number of benzene rings is 2. The molecule has 0 aliphatic heterocycles. The largest absolute Gasteiger partial charge is 0.340 e. The normalized spacial score (nSPS) is 14.1.